The Labute approximate surface area is 177 Å². The zero-order chi connectivity index (χ0) is 20.1. The molecule has 2 N–H and O–H groups in total. The van der Waals surface area contributed by atoms with Gasteiger partial charge in [0.2, 0.25) is 0 Å². The first kappa shape index (κ1) is 20.2. The molecule has 0 aromatic heterocycles. The van der Waals surface area contributed by atoms with Crippen molar-refractivity contribution in [2.75, 3.05) is 5.32 Å². The van der Waals surface area contributed by atoms with Crippen molar-refractivity contribution in [2.45, 2.75) is 6.04 Å². The summed E-state index contributed by atoms with van der Waals surface area (Å²) in [7, 11) is 0. The van der Waals surface area contributed by atoms with E-state index in [0.717, 1.165) is 0 Å². The van der Waals surface area contributed by atoms with Gasteiger partial charge in [0.15, 0.2) is 0 Å². The number of hydrogen-bond donors (Lipinski definition) is 2. The molecule has 0 unspecified atom stereocenters. The molecule has 142 valence electrons. The van der Waals surface area contributed by atoms with E-state index >= 15 is 0 Å². The number of amides is 2. The summed E-state index contributed by atoms with van der Waals surface area (Å²) in [5.74, 6) is -0.815. The smallest absolute Gasteiger partial charge is 0.252 e. The first-order valence-corrected chi connectivity index (χ1v) is 9.44. The summed E-state index contributed by atoms with van der Waals surface area (Å²) >= 11 is 17.8. The van der Waals surface area contributed by atoms with Crippen LogP contribution in [-0.2, 0) is 4.79 Å². The van der Waals surface area contributed by atoms with E-state index < -0.39 is 17.9 Å². The highest BCUT2D eigenvalue weighted by Crippen LogP contribution is 2.21. The summed E-state index contributed by atoms with van der Waals surface area (Å²) in [6.45, 7) is 0. The molecule has 0 bridgehead atoms. The van der Waals surface area contributed by atoms with Gasteiger partial charge in [0.05, 0.1) is 0 Å². The molecule has 0 radical (unpaired) electrons. The van der Waals surface area contributed by atoms with E-state index in [2.05, 4.69) is 10.6 Å². The van der Waals surface area contributed by atoms with Gasteiger partial charge in [-0.3, -0.25) is 9.59 Å². The van der Waals surface area contributed by atoms with Gasteiger partial charge in [-0.1, -0.05) is 53.0 Å². The molecule has 7 heteroatoms. The number of rotatable bonds is 5. The Morgan fingerprint density at radius 1 is 0.750 bits per heavy atom. The summed E-state index contributed by atoms with van der Waals surface area (Å²) in [4.78, 5) is 25.5. The number of hydrogen-bond acceptors (Lipinski definition) is 2. The third-order valence-corrected chi connectivity index (χ3v) is 4.68. The minimum Gasteiger partial charge on any atom is -0.336 e. The molecule has 0 saturated heterocycles. The number of nitrogens with one attached hydrogen (secondary N) is 2. The van der Waals surface area contributed by atoms with Crippen LogP contribution < -0.4 is 10.6 Å². The van der Waals surface area contributed by atoms with Crippen molar-refractivity contribution in [1.82, 2.24) is 5.32 Å². The molecule has 0 saturated carbocycles. The van der Waals surface area contributed by atoms with Crippen molar-refractivity contribution >= 4 is 52.3 Å². The van der Waals surface area contributed by atoms with Crippen molar-refractivity contribution < 1.29 is 9.59 Å². The topological polar surface area (TPSA) is 58.2 Å². The summed E-state index contributed by atoms with van der Waals surface area (Å²) in [6.07, 6.45) is 0. The van der Waals surface area contributed by atoms with Gasteiger partial charge in [0.1, 0.15) is 6.04 Å². The van der Waals surface area contributed by atoms with Crippen molar-refractivity contribution in [3.8, 4) is 0 Å². The molecule has 0 heterocycles. The van der Waals surface area contributed by atoms with Crippen LogP contribution in [0.3, 0.4) is 0 Å². The average molecular weight is 434 g/mol. The Kier molecular flexibility index (Phi) is 6.57. The molecule has 1 atom stereocenters. The normalized spacial score (nSPS) is 11.5. The largest absolute Gasteiger partial charge is 0.336 e. The number of carbonyl (C=O) groups excluding carboxylic acids is 2. The quantitative estimate of drug-likeness (QED) is 0.538. The lowest BCUT2D eigenvalue weighted by molar-refractivity contribution is -0.118. The Morgan fingerprint density at radius 2 is 1.36 bits per heavy atom. The Bertz CT molecular complexity index is 989. The molecule has 0 spiro atoms. The van der Waals surface area contributed by atoms with Crippen LogP contribution in [0.25, 0.3) is 0 Å². The van der Waals surface area contributed by atoms with Crippen LogP contribution in [0.5, 0.6) is 0 Å². The van der Waals surface area contributed by atoms with Crippen LogP contribution in [0.15, 0.2) is 72.8 Å². The van der Waals surface area contributed by atoms with E-state index in [1.54, 1.807) is 72.8 Å². The second-order valence-electron chi connectivity index (χ2n) is 5.96. The lowest BCUT2D eigenvalue weighted by atomic mass is 10.0. The van der Waals surface area contributed by atoms with E-state index in [4.69, 9.17) is 34.8 Å². The molecule has 0 aliphatic rings. The van der Waals surface area contributed by atoms with Crippen LogP contribution in [0.2, 0.25) is 15.1 Å². The van der Waals surface area contributed by atoms with Crippen LogP contribution in [-0.4, -0.2) is 11.8 Å². The molecule has 28 heavy (non-hydrogen) atoms. The van der Waals surface area contributed by atoms with E-state index in [1.807, 2.05) is 0 Å². The van der Waals surface area contributed by atoms with Gasteiger partial charge in [-0.2, -0.15) is 0 Å². The van der Waals surface area contributed by atoms with Crippen molar-refractivity contribution in [2.24, 2.45) is 0 Å². The van der Waals surface area contributed by atoms with Gasteiger partial charge in [-0.15, -0.1) is 0 Å². The monoisotopic (exact) mass is 432 g/mol. The zero-order valence-corrected chi connectivity index (χ0v) is 16.7. The number of benzene rings is 3. The third-order valence-electron chi connectivity index (χ3n) is 3.94. The SMILES string of the molecule is O=C(N[C@H](C(=O)Nc1cccc(Cl)c1)c1ccc(Cl)cc1)c1ccc(Cl)cc1. The summed E-state index contributed by atoms with van der Waals surface area (Å²) in [5.41, 5.74) is 1.50. The first-order chi connectivity index (χ1) is 13.4. The van der Waals surface area contributed by atoms with Gasteiger partial charge in [0.25, 0.3) is 11.8 Å². The second-order valence-corrected chi connectivity index (χ2v) is 7.27. The van der Waals surface area contributed by atoms with E-state index in [-0.39, 0.29) is 0 Å². The minimum atomic E-state index is -0.931. The van der Waals surface area contributed by atoms with Crippen LogP contribution in [0, 0.1) is 0 Å². The zero-order valence-electron chi connectivity index (χ0n) is 14.5. The fourth-order valence-electron chi connectivity index (χ4n) is 2.55. The van der Waals surface area contributed by atoms with Crippen LogP contribution >= 0.6 is 34.8 Å². The van der Waals surface area contributed by atoms with Gasteiger partial charge in [0, 0.05) is 26.3 Å². The van der Waals surface area contributed by atoms with Gasteiger partial charge in [-0.25, -0.2) is 0 Å². The Hall–Kier alpha value is -2.53. The molecule has 3 aromatic rings. The van der Waals surface area contributed by atoms with Gasteiger partial charge >= 0.3 is 0 Å². The van der Waals surface area contributed by atoms with Crippen molar-refractivity contribution in [1.29, 1.82) is 0 Å². The standard InChI is InChI=1S/C21H15Cl3N2O2/c22-15-8-4-13(5-9-15)19(21(28)25-18-3-1-2-17(24)12-18)26-20(27)14-6-10-16(23)11-7-14/h1-12,19H,(H,25,28)(H,26,27)/t19-/m0/s1. The van der Waals surface area contributed by atoms with E-state index in [9.17, 15) is 9.59 Å². The maximum atomic E-state index is 12.9. The molecule has 2 amide bonds. The van der Waals surface area contributed by atoms with Gasteiger partial charge in [-0.05, 0) is 60.2 Å². The lowest BCUT2D eigenvalue weighted by Crippen LogP contribution is -2.37. The van der Waals surface area contributed by atoms with Crippen molar-refractivity contribution in [3.63, 3.8) is 0 Å². The maximum Gasteiger partial charge on any atom is 0.252 e. The molecule has 4 nitrogen and oxygen atoms in total. The lowest BCUT2D eigenvalue weighted by Gasteiger charge is -2.19. The molecule has 0 aliphatic heterocycles. The summed E-state index contributed by atoms with van der Waals surface area (Å²) in [5, 5.41) is 7.06. The molecule has 3 aromatic carbocycles. The maximum absolute atomic E-state index is 12.9. The molecular formula is C21H15Cl3N2O2. The molecule has 3 rings (SSSR count). The summed E-state index contributed by atoms with van der Waals surface area (Å²) < 4.78 is 0. The molecule has 0 aliphatic carbocycles. The predicted octanol–water partition coefficient (Wildman–Crippen LogP) is 5.76. The van der Waals surface area contributed by atoms with Gasteiger partial charge < -0.3 is 10.6 Å². The average Bonchev–Trinajstić information content (AvgIpc) is 2.67. The predicted molar refractivity (Wildman–Crippen MR) is 113 cm³/mol. The minimum absolute atomic E-state index is 0.388. The summed E-state index contributed by atoms with van der Waals surface area (Å²) in [6, 6.07) is 18.9. The second kappa shape index (κ2) is 9.11. The fourth-order valence-corrected chi connectivity index (χ4v) is 2.99. The van der Waals surface area contributed by atoms with E-state index in [0.29, 0.717) is 31.9 Å². The first-order valence-electron chi connectivity index (χ1n) is 8.31. The third kappa shape index (κ3) is 5.26. The van der Waals surface area contributed by atoms with Crippen LogP contribution in [0.1, 0.15) is 22.0 Å². The fraction of sp³-hybridized carbons (Fsp3) is 0.0476. The highest BCUT2D eigenvalue weighted by molar-refractivity contribution is 6.31. The highest BCUT2D eigenvalue weighted by atomic mass is 35.5. The molecular weight excluding hydrogens is 419 g/mol. The Balaban J connectivity index is 1.86. The van der Waals surface area contributed by atoms with Crippen molar-refractivity contribution in [3.05, 3.63) is 99.0 Å². The Morgan fingerprint density at radius 3 is 1.96 bits per heavy atom. The number of halogens is 3. The number of anilines is 1. The van der Waals surface area contributed by atoms with Crippen LogP contribution in [0.4, 0.5) is 5.69 Å². The van der Waals surface area contributed by atoms with E-state index in [1.165, 1.54) is 0 Å². The number of carbonyl (C=O) groups is 2. The molecule has 0 fully saturated rings. The highest BCUT2D eigenvalue weighted by Gasteiger charge is 2.23.